The zero-order valence-electron chi connectivity index (χ0n) is 8.81. The minimum absolute atomic E-state index is 0.0522. The first-order valence-corrected chi connectivity index (χ1v) is 4.91. The number of rotatable bonds is 2. The summed E-state index contributed by atoms with van der Waals surface area (Å²) in [5, 5.41) is 9.27. The van der Waals surface area contributed by atoms with Crippen LogP contribution in [-0.2, 0) is 4.74 Å². The summed E-state index contributed by atoms with van der Waals surface area (Å²) in [5.74, 6) is -0.513. The third-order valence-corrected chi connectivity index (χ3v) is 2.66. The third-order valence-electron chi connectivity index (χ3n) is 2.66. The van der Waals surface area contributed by atoms with E-state index < -0.39 is 17.4 Å². The molecule has 1 saturated heterocycles. The van der Waals surface area contributed by atoms with Gasteiger partial charge in [0.05, 0.1) is 12.3 Å². The Hall–Kier alpha value is -1.62. The minimum atomic E-state index is -0.903. The SMILES string of the molecule is CC1(CO)COC(=O)N1c1ccccc1F. The van der Waals surface area contributed by atoms with Crippen molar-refractivity contribution in [3.63, 3.8) is 0 Å². The van der Waals surface area contributed by atoms with Crippen LogP contribution in [0.15, 0.2) is 24.3 Å². The van der Waals surface area contributed by atoms with Gasteiger partial charge in [0.25, 0.3) is 0 Å². The molecule has 2 rings (SSSR count). The predicted molar refractivity (Wildman–Crippen MR) is 55.7 cm³/mol. The maximum atomic E-state index is 13.6. The lowest BCUT2D eigenvalue weighted by Crippen LogP contribution is -2.48. The summed E-state index contributed by atoms with van der Waals surface area (Å²) in [6.07, 6.45) is -0.637. The second kappa shape index (κ2) is 3.75. The number of carbonyl (C=O) groups is 1. The van der Waals surface area contributed by atoms with Crippen molar-refractivity contribution in [2.75, 3.05) is 18.1 Å². The zero-order chi connectivity index (χ0) is 11.8. The van der Waals surface area contributed by atoms with E-state index in [-0.39, 0.29) is 18.9 Å². The Morgan fingerprint density at radius 2 is 2.25 bits per heavy atom. The van der Waals surface area contributed by atoms with Gasteiger partial charge in [0.2, 0.25) is 0 Å². The number of benzene rings is 1. The molecule has 0 saturated carbocycles. The van der Waals surface area contributed by atoms with Crippen molar-refractivity contribution in [1.82, 2.24) is 0 Å². The van der Waals surface area contributed by atoms with E-state index in [0.29, 0.717) is 0 Å². The highest BCUT2D eigenvalue weighted by molar-refractivity contribution is 5.91. The Balaban J connectivity index is 2.46. The molecule has 0 aromatic heterocycles. The largest absolute Gasteiger partial charge is 0.447 e. The number of hydrogen-bond donors (Lipinski definition) is 1. The zero-order valence-corrected chi connectivity index (χ0v) is 8.81. The molecule has 1 fully saturated rings. The van der Waals surface area contributed by atoms with E-state index in [4.69, 9.17) is 4.74 Å². The number of para-hydroxylation sites is 1. The number of hydrogen-bond acceptors (Lipinski definition) is 3. The maximum absolute atomic E-state index is 13.6. The van der Waals surface area contributed by atoms with Crippen LogP contribution in [0, 0.1) is 5.82 Å². The highest BCUT2D eigenvalue weighted by Crippen LogP contribution is 2.31. The monoisotopic (exact) mass is 225 g/mol. The van der Waals surface area contributed by atoms with Gasteiger partial charge in [-0.05, 0) is 19.1 Å². The summed E-state index contributed by atoms with van der Waals surface area (Å²) < 4.78 is 18.4. The van der Waals surface area contributed by atoms with Crippen LogP contribution in [0.2, 0.25) is 0 Å². The van der Waals surface area contributed by atoms with Gasteiger partial charge < -0.3 is 9.84 Å². The summed E-state index contributed by atoms with van der Waals surface area (Å²) >= 11 is 0. The van der Waals surface area contributed by atoms with E-state index in [9.17, 15) is 14.3 Å². The lowest BCUT2D eigenvalue weighted by atomic mass is 10.0. The molecule has 0 radical (unpaired) electrons. The first-order valence-electron chi connectivity index (χ1n) is 4.91. The third kappa shape index (κ3) is 1.53. The number of cyclic esters (lactones) is 1. The van der Waals surface area contributed by atoms with Crippen molar-refractivity contribution in [3.8, 4) is 0 Å². The number of amides is 1. The van der Waals surface area contributed by atoms with Gasteiger partial charge in [-0.1, -0.05) is 12.1 Å². The standard InChI is InChI=1S/C11H12FNO3/c1-11(6-14)7-16-10(15)13(11)9-5-3-2-4-8(9)12/h2-5,14H,6-7H2,1H3. The summed E-state index contributed by atoms with van der Waals surface area (Å²) in [6.45, 7) is 1.41. The first kappa shape index (κ1) is 10.9. The molecule has 1 N–H and O–H groups in total. The fraction of sp³-hybridized carbons (Fsp3) is 0.364. The Bertz CT molecular complexity index is 423. The number of halogens is 1. The lowest BCUT2D eigenvalue weighted by Gasteiger charge is -2.29. The Morgan fingerprint density at radius 3 is 2.88 bits per heavy atom. The molecule has 0 spiro atoms. The van der Waals surface area contributed by atoms with Gasteiger partial charge in [-0.15, -0.1) is 0 Å². The summed E-state index contributed by atoms with van der Waals surface area (Å²) in [4.78, 5) is 12.7. The molecule has 1 atom stereocenters. The molecule has 1 aliphatic rings. The van der Waals surface area contributed by atoms with Crippen LogP contribution >= 0.6 is 0 Å². The topological polar surface area (TPSA) is 49.8 Å². The molecule has 0 aliphatic carbocycles. The average Bonchev–Trinajstić information content (AvgIpc) is 2.57. The molecular weight excluding hydrogens is 213 g/mol. The molecule has 1 unspecified atom stereocenters. The van der Waals surface area contributed by atoms with Crippen molar-refractivity contribution in [1.29, 1.82) is 0 Å². The van der Waals surface area contributed by atoms with Crippen molar-refractivity contribution < 1.29 is 19.0 Å². The van der Waals surface area contributed by atoms with Crippen LogP contribution < -0.4 is 4.90 Å². The van der Waals surface area contributed by atoms with Crippen LogP contribution in [0.3, 0.4) is 0 Å². The van der Waals surface area contributed by atoms with Crippen molar-refractivity contribution in [2.24, 2.45) is 0 Å². The van der Waals surface area contributed by atoms with E-state index in [1.807, 2.05) is 0 Å². The van der Waals surface area contributed by atoms with Crippen LogP contribution in [0.1, 0.15) is 6.92 Å². The quantitative estimate of drug-likeness (QED) is 0.830. The summed E-state index contributed by atoms with van der Waals surface area (Å²) in [5.41, 5.74) is -0.777. The number of aliphatic hydroxyl groups excluding tert-OH is 1. The van der Waals surface area contributed by atoms with Crippen molar-refractivity contribution in [3.05, 3.63) is 30.1 Å². The first-order chi connectivity index (χ1) is 7.58. The molecule has 1 aliphatic heterocycles. The Morgan fingerprint density at radius 1 is 1.56 bits per heavy atom. The van der Waals surface area contributed by atoms with Crippen LogP contribution in [0.25, 0.3) is 0 Å². The molecule has 4 nitrogen and oxygen atoms in total. The number of aliphatic hydroxyl groups is 1. The Kier molecular flexibility index (Phi) is 2.55. The van der Waals surface area contributed by atoms with Crippen LogP contribution in [0.4, 0.5) is 14.9 Å². The fourth-order valence-corrected chi connectivity index (χ4v) is 1.71. The normalized spacial score (nSPS) is 24.7. The number of ether oxygens (including phenoxy) is 1. The molecule has 1 amide bonds. The van der Waals surface area contributed by atoms with Gasteiger partial charge in [0.15, 0.2) is 0 Å². The molecule has 5 heteroatoms. The second-order valence-corrected chi connectivity index (χ2v) is 4.00. The average molecular weight is 225 g/mol. The van der Waals surface area contributed by atoms with Gasteiger partial charge in [-0.3, -0.25) is 4.90 Å². The van der Waals surface area contributed by atoms with Gasteiger partial charge in [0.1, 0.15) is 18.0 Å². The Labute approximate surface area is 92.2 Å². The number of carbonyl (C=O) groups excluding carboxylic acids is 1. The molecule has 16 heavy (non-hydrogen) atoms. The van der Waals surface area contributed by atoms with Gasteiger partial charge in [0, 0.05) is 0 Å². The smallest absolute Gasteiger partial charge is 0.415 e. The van der Waals surface area contributed by atoms with Gasteiger partial charge in [-0.2, -0.15) is 0 Å². The van der Waals surface area contributed by atoms with E-state index >= 15 is 0 Å². The predicted octanol–water partition coefficient (Wildman–Crippen LogP) is 1.53. The van der Waals surface area contributed by atoms with Crippen LogP contribution in [-0.4, -0.2) is 30.0 Å². The molecule has 1 aromatic rings. The highest BCUT2D eigenvalue weighted by Gasteiger charge is 2.45. The van der Waals surface area contributed by atoms with E-state index in [2.05, 4.69) is 0 Å². The molecule has 1 heterocycles. The summed E-state index contributed by atoms with van der Waals surface area (Å²) in [6, 6.07) is 5.91. The highest BCUT2D eigenvalue weighted by atomic mass is 19.1. The lowest BCUT2D eigenvalue weighted by molar-refractivity contribution is 0.155. The number of nitrogens with zero attached hydrogens (tertiary/aromatic N) is 1. The molecule has 1 aromatic carbocycles. The van der Waals surface area contributed by atoms with Gasteiger partial charge >= 0.3 is 6.09 Å². The summed E-state index contributed by atoms with van der Waals surface area (Å²) in [7, 11) is 0. The molecular formula is C11H12FNO3. The molecule has 0 bridgehead atoms. The van der Waals surface area contributed by atoms with Crippen LogP contribution in [0.5, 0.6) is 0 Å². The second-order valence-electron chi connectivity index (χ2n) is 4.00. The fourth-order valence-electron chi connectivity index (χ4n) is 1.71. The van der Waals surface area contributed by atoms with E-state index in [1.165, 1.54) is 18.2 Å². The minimum Gasteiger partial charge on any atom is -0.447 e. The maximum Gasteiger partial charge on any atom is 0.415 e. The van der Waals surface area contributed by atoms with Crippen molar-refractivity contribution in [2.45, 2.75) is 12.5 Å². The molecule has 86 valence electrons. The van der Waals surface area contributed by atoms with E-state index in [1.54, 1.807) is 13.0 Å². The van der Waals surface area contributed by atoms with Gasteiger partial charge in [-0.25, -0.2) is 9.18 Å². The van der Waals surface area contributed by atoms with Crippen molar-refractivity contribution >= 4 is 11.8 Å². The number of anilines is 1. The van der Waals surface area contributed by atoms with E-state index in [0.717, 1.165) is 4.90 Å².